The molecular weight excluding hydrogens is 320 g/mol. The van der Waals surface area contributed by atoms with Crippen LogP contribution in [-0.4, -0.2) is 48.2 Å². The van der Waals surface area contributed by atoms with Crippen molar-refractivity contribution in [1.29, 1.82) is 0 Å². The molecule has 3 N–H and O–H groups in total. The summed E-state index contributed by atoms with van der Waals surface area (Å²) >= 11 is 1.27. The van der Waals surface area contributed by atoms with E-state index in [1.54, 1.807) is 17.5 Å². The molecule has 0 spiro atoms. The molecular formula is C15H20N2O5S. The standard InChI is InChI=1S/C15H20N2O5S/c1-9(16-14(19)11-5-3-7-23-11)13(18)17-12(15(20)21)10-4-2-6-22-8-10/h3,5,7,9-10,12H,2,4,6,8H2,1H3,(H,16,19)(H,17,18)(H,20,21). The number of ether oxygens (including phenoxy) is 1. The number of nitrogens with one attached hydrogen (secondary N) is 2. The number of aliphatic carboxylic acids is 1. The summed E-state index contributed by atoms with van der Waals surface area (Å²) in [6.45, 7) is 2.45. The molecule has 1 aliphatic rings. The second kappa shape index (κ2) is 8.07. The Kier molecular flexibility index (Phi) is 6.12. The van der Waals surface area contributed by atoms with Gasteiger partial charge in [0.05, 0.1) is 11.5 Å². The Balaban J connectivity index is 1.92. The molecule has 0 aliphatic carbocycles. The van der Waals surface area contributed by atoms with E-state index in [1.165, 1.54) is 18.3 Å². The Morgan fingerprint density at radius 3 is 2.74 bits per heavy atom. The normalized spacial score (nSPS) is 20.3. The van der Waals surface area contributed by atoms with Crippen LogP contribution >= 0.6 is 11.3 Å². The van der Waals surface area contributed by atoms with Crippen LogP contribution in [0.15, 0.2) is 17.5 Å². The third-order valence-corrected chi connectivity index (χ3v) is 4.59. The van der Waals surface area contributed by atoms with Crippen molar-refractivity contribution < 1.29 is 24.2 Å². The molecule has 23 heavy (non-hydrogen) atoms. The van der Waals surface area contributed by atoms with E-state index in [-0.39, 0.29) is 11.8 Å². The zero-order valence-electron chi connectivity index (χ0n) is 12.8. The van der Waals surface area contributed by atoms with Gasteiger partial charge in [-0.05, 0) is 31.2 Å². The minimum absolute atomic E-state index is 0.259. The molecule has 2 amide bonds. The molecule has 3 atom stereocenters. The molecule has 0 bridgehead atoms. The molecule has 126 valence electrons. The van der Waals surface area contributed by atoms with Crippen molar-refractivity contribution in [3.8, 4) is 0 Å². The predicted octanol–water partition coefficient (Wildman–Crippen LogP) is 0.862. The number of carboxylic acids is 1. The molecule has 0 saturated carbocycles. The summed E-state index contributed by atoms with van der Waals surface area (Å²) in [7, 11) is 0. The molecule has 2 rings (SSSR count). The largest absolute Gasteiger partial charge is 0.480 e. The van der Waals surface area contributed by atoms with Gasteiger partial charge in [0.15, 0.2) is 0 Å². The minimum atomic E-state index is -1.09. The van der Waals surface area contributed by atoms with E-state index >= 15 is 0 Å². The maximum Gasteiger partial charge on any atom is 0.326 e. The van der Waals surface area contributed by atoms with Crippen LogP contribution in [0.2, 0.25) is 0 Å². The fourth-order valence-electron chi connectivity index (χ4n) is 2.43. The van der Waals surface area contributed by atoms with E-state index in [4.69, 9.17) is 4.74 Å². The van der Waals surface area contributed by atoms with Gasteiger partial charge < -0.3 is 20.5 Å². The number of carboxylic acid groups (broad SMARTS) is 1. The molecule has 1 fully saturated rings. The van der Waals surface area contributed by atoms with Crippen LogP contribution in [0.5, 0.6) is 0 Å². The highest BCUT2D eigenvalue weighted by Crippen LogP contribution is 2.18. The van der Waals surface area contributed by atoms with Crippen molar-refractivity contribution in [2.75, 3.05) is 13.2 Å². The Morgan fingerprint density at radius 2 is 2.17 bits per heavy atom. The Bertz CT molecular complexity index is 554. The van der Waals surface area contributed by atoms with Crippen LogP contribution in [0, 0.1) is 5.92 Å². The highest BCUT2D eigenvalue weighted by Gasteiger charge is 2.32. The van der Waals surface area contributed by atoms with Gasteiger partial charge in [-0.1, -0.05) is 6.07 Å². The van der Waals surface area contributed by atoms with E-state index in [0.717, 1.165) is 6.42 Å². The lowest BCUT2D eigenvalue weighted by Crippen LogP contribution is -2.54. The van der Waals surface area contributed by atoms with Gasteiger partial charge in [0.2, 0.25) is 5.91 Å². The summed E-state index contributed by atoms with van der Waals surface area (Å²) < 4.78 is 5.29. The summed E-state index contributed by atoms with van der Waals surface area (Å²) in [4.78, 5) is 36.0. The second-order valence-corrected chi connectivity index (χ2v) is 6.42. The number of hydrogen-bond acceptors (Lipinski definition) is 5. The zero-order valence-corrected chi connectivity index (χ0v) is 13.6. The van der Waals surface area contributed by atoms with Crippen LogP contribution in [0.4, 0.5) is 0 Å². The molecule has 7 nitrogen and oxygen atoms in total. The summed E-state index contributed by atoms with van der Waals surface area (Å²) in [5.74, 6) is -2.22. The first-order valence-electron chi connectivity index (χ1n) is 7.44. The molecule has 1 saturated heterocycles. The van der Waals surface area contributed by atoms with Crippen molar-refractivity contribution in [2.45, 2.75) is 31.8 Å². The summed E-state index contributed by atoms with van der Waals surface area (Å²) in [5, 5.41) is 16.2. The zero-order chi connectivity index (χ0) is 16.8. The monoisotopic (exact) mass is 340 g/mol. The Labute approximate surface area is 138 Å². The average molecular weight is 340 g/mol. The molecule has 2 heterocycles. The van der Waals surface area contributed by atoms with Gasteiger partial charge in [0, 0.05) is 12.5 Å². The van der Waals surface area contributed by atoms with E-state index in [2.05, 4.69) is 10.6 Å². The van der Waals surface area contributed by atoms with Gasteiger partial charge in [0.1, 0.15) is 12.1 Å². The molecule has 0 radical (unpaired) electrons. The van der Waals surface area contributed by atoms with E-state index in [0.29, 0.717) is 24.5 Å². The van der Waals surface area contributed by atoms with Crippen molar-refractivity contribution in [1.82, 2.24) is 10.6 Å². The number of thiophene rings is 1. The maximum absolute atomic E-state index is 12.2. The fourth-order valence-corrected chi connectivity index (χ4v) is 3.06. The lowest BCUT2D eigenvalue weighted by Gasteiger charge is -2.28. The van der Waals surface area contributed by atoms with E-state index in [1.807, 2.05) is 0 Å². The van der Waals surface area contributed by atoms with Crippen LogP contribution in [-0.2, 0) is 14.3 Å². The third-order valence-electron chi connectivity index (χ3n) is 3.72. The first-order chi connectivity index (χ1) is 11.0. The summed E-state index contributed by atoms with van der Waals surface area (Å²) in [6.07, 6.45) is 1.46. The number of amides is 2. The van der Waals surface area contributed by atoms with Gasteiger partial charge in [-0.3, -0.25) is 9.59 Å². The average Bonchev–Trinajstić information content (AvgIpc) is 3.07. The number of hydrogen-bond donors (Lipinski definition) is 3. The molecule has 0 aromatic carbocycles. The number of carbonyl (C=O) groups is 3. The number of rotatable bonds is 6. The van der Waals surface area contributed by atoms with Gasteiger partial charge in [-0.25, -0.2) is 4.79 Å². The quantitative estimate of drug-likeness (QED) is 0.712. The van der Waals surface area contributed by atoms with E-state index in [9.17, 15) is 19.5 Å². The molecule has 8 heteroatoms. The lowest BCUT2D eigenvalue weighted by atomic mass is 9.93. The minimum Gasteiger partial charge on any atom is -0.480 e. The van der Waals surface area contributed by atoms with Crippen LogP contribution < -0.4 is 10.6 Å². The SMILES string of the molecule is CC(NC(=O)c1cccs1)C(=O)NC(C(=O)O)C1CCCOC1. The van der Waals surface area contributed by atoms with Crippen LogP contribution in [0.3, 0.4) is 0 Å². The van der Waals surface area contributed by atoms with Crippen LogP contribution in [0.25, 0.3) is 0 Å². The maximum atomic E-state index is 12.2. The molecule has 1 aromatic rings. The van der Waals surface area contributed by atoms with Gasteiger partial charge >= 0.3 is 5.97 Å². The van der Waals surface area contributed by atoms with Crippen molar-refractivity contribution in [2.24, 2.45) is 5.92 Å². The molecule has 1 aromatic heterocycles. The van der Waals surface area contributed by atoms with Gasteiger partial charge in [-0.2, -0.15) is 0 Å². The van der Waals surface area contributed by atoms with Crippen molar-refractivity contribution in [3.05, 3.63) is 22.4 Å². The molecule has 3 unspecified atom stereocenters. The summed E-state index contributed by atoms with van der Waals surface area (Å²) in [6, 6.07) is 1.57. The second-order valence-electron chi connectivity index (χ2n) is 5.47. The third kappa shape index (κ3) is 4.77. The van der Waals surface area contributed by atoms with Gasteiger partial charge in [0.25, 0.3) is 5.91 Å². The fraction of sp³-hybridized carbons (Fsp3) is 0.533. The number of carbonyl (C=O) groups excluding carboxylic acids is 2. The first kappa shape index (κ1) is 17.4. The van der Waals surface area contributed by atoms with E-state index < -0.39 is 24.0 Å². The highest BCUT2D eigenvalue weighted by molar-refractivity contribution is 7.12. The summed E-state index contributed by atoms with van der Waals surface area (Å²) in [5.41, 5.74) is 0. The first-order valence-corrected chi connectivity index (χ1v) is 8.32. The van der Waals surface area contributed by atoms with Crippen LogP contribution in [0.1, 0.15) is 29.4 Å². The predicted molar refractivity (Wildman–Crippen MR) is 84.4 cm³/mol. The Hall–Kier alpha value is -1.93. The lowest BCUT2D eigenvalue weighted by molar-refractivity contribution is -0.145. The highest BCUT2D eigenvalue weighted by atomic mass is 32.1. The van der Waals surface area contributed by atoms with Gasteiger partial charge in [-0.15, -0.1) is 11.3 Å². The smallest absolute Gasteiger partial charge is 0.326 e. The van der Waals surface area contributed by atoms with Crippen molar-refractivity contribution in [3.63, 3.8) is 0 Å². The Morgan fingerprint density at radius 1 is 1.39 bits per heavy atom. The topological polar surface area (TPSA) is 105 Å². The molecule has 1 aliphatic heterocycles. The van der Waals surface area contributed by atoms with Crippen molar-refractivity contribution >= 4 is 29.1 Å².